The van der Waals surface area contributed by atoms with Crippen molar-refractivity contribution in [1.82, 2.24) is 4.98 Å². The predicted molar refractivity (Wildman–Crippen MR) is 79.7 cm³/mol. The number of β-amino-alcohol motifs (C(OH)–C–C–N with tert-alkyl or cyclic N) is 1. The van der Waals surface area contributed by atoms with Gasteiger partial charge in [0, 0.05) is 24.2 Å². The van der Waals surface area contributed by atoms with Crippen LogP contribution < -0.4 is 4.90 Å². The quantitative estimate of drug-likeness (QED) is 0.900. The predicted octanol–water partition coefficient (Wildman–Crippen LogP) is 2.67. The van der Waals surface area contributed by atoms with Gasteiger partial charge in [0.2, 0.25) is 0 Å². The Kier molecular flexibility index (Phi) is 3.51. The number of pyridine rings is 1. The first-order valence-corrected chi connectivity index (χ1v) is 7.06. The van der Waals surface area contributed by atoms with E-state index in [1.165, 1.54) is 0 Å². The molecule has 1 saturated heterocycles. The molecule has 1 aromatic heterocycles. The van der Waals surface area contributed by atoms with Gasteiger partial charge in [-0.25, -0.2) is 4.98 Å². The van der Waals surface area contributed by atoms with Gasteiger partial charge >= 0.3 is 0 Å². The van der Waals surface area contributed by atoms with Gasteiger partial charge in [0.15, 0.2) is 0 Å². The fourth-order valence-electron chi connectivity index (χ4n) is 2.55. The average molecular weight is 273 g/mol. The summed E-state index contributed by atoms with van der Waals surface area (Å²) >= 11 is 0. The van der Waals surface area contributed by atoms with E-state index in [9.17, 15) is 10.4 Å². The maximum absolute atomic E-state index is 10.5. The molecular formula is C16H23N3O. The Morgan fingerprint density at radius 3 is 2.40 bits per heavy atom. The maximum atomic E-state index is 10.5. The summed E-state index contributed by atoms with van der Waals surface area (Å²) in [5.74, 6) is 1.02. The highest BCUT2D eigenvalue weighted by Gasteiger charge is 2.48. The Balaban J connectivity index is 2.43. The van der Waals surface area contributed by atoms with Gasteiger partial charge in [0.25, 0.3) is 0 Å². The van der Waals surface area contributed by atoms with Crippen molar-refractivity contribution in [2.45, 2.75) is 46.1 Å². The topological polar surface area (TPSA) is 60.2 Å². The van der Waals surface area contributed by atoms with E-state index in [-0.39, 0.29) is 5.41 Å². The third-order valence-electron chi connectivity index (χ3n) is 4.45. The number of anilines is 1. The largest absolute Gasteiger partial charge is 0.388 e. The summed E-state index contributed by atoms with van der Waals surface area (Å²) in [5.41, 5.74) is 0.538. The smallest absolute Gasteiger partial charge is 0.146 e. The molecular weight excluding hydrogens is 250 g/mol. The summed E-state index contributed by atoms with van der Waals surface area (Å²) in [6, 6.07) is 5.95. The van der Waals surface area contributed by atoms with E-state index in [1.54, 1.807) is 0 Å². The number of aliphatic hydroxyl groups is 1. The monoisotopic (exact) mass is 273 g/mol. The lowest BCUT2D eigenvalue weighted by atomic mass is 9.79. The second-order valence-corrected chi connectivity index (χ2v) is 6.89. The molecule has 108 valence electrons. The fourth-order valence-corrected chi connectivity index (χ4v) is 2.55. The normalized spacial score (nSPS) is 25.0. The van der Waals surface area contributed by atoms with Crippen LogP contribution in [-0.4, -0.2) is 28.8 Å². The Bertz CT molecular complexity index is 539. The molecule has 4 nitrogen and oxygen atoms in total. The van der Waals surface area contributed by atoms with Crippen molar-refractivity contribution in [3.8, 4) is 6.07 Å². The first-order chi connectivity index (χ1) is 9.18. The molecule has 4 heteroatoms. The zero-order chi connectivity index (χ0) is 15.1. The van der Waals surface area contributed by atoms with Crippen LogP contribution in [0.25, 0.3) is 0 Å². The standard InChI is InChI=1S/C16H23N3O/c1-11(2)13-7-6-12(8-17)14(18-13)19-9-15(3,4)16(5,20)10-19/h6-7,11,20H,9-10H2,1-5H3/t16-/m1/s1. The first-order valence-electron chi connectivity index (χ1n) is 7.06. The van der Waals surface area contributed by atoms with Gasteiger partial charge in [-0.3, -0.25) is 0 Å². The van der Waals surface area contributed by atoms with Gasteiger partial charge in [-0.2, -0.15) is 5.26 Å². The van der Waals surface area contributed by atoms with E-state index in [0.717, 1.165) is 5.69 Å². The summed E-state index contributed by atoms with van der Waals surface area (Å²) in [5, 5.41) is 19.8. The lowest BCUT2D eigenvalue weighted by Crippen LogP contribution is -2.40. The molecule has 0 radical (unpaired) electrons. The molecule has 2 heterocycles. The van der Waals surface area contributed by atoms with Crippen LogP contribution >= 0.6 is 0 Å². The molecule has 1 N–H and O–H groups in total. The van der Waals surface area contributed by atoms with Crippen LogP contribution in [-0.2, 0) is 0 Å². The summed E-state index contributed by atoms with van der Waals surface area (Å²) < 4.78 is 0. The Morgan fingerprint density at radius 2 is 1.95 bits per heavy atom. The highest BCUT2D eigenvalue weighted by Crippen LogP contribution is 2.40. The van der Waals surface area contributed by atoms with Crippen molar-refractivity contribution in [1.29, 1.82) is 5.26 Å². The van der Waals surface area contributed by atoms with Crippen LogP contribution in [0.3, 0.4) is 0 Å². The van der Waals surface area contributed by atoms with E-state index in [0.29, 0.717) is 30.4 Å². The number of nitrogens with zero attached hydrogens (tertiary/aromatic N) is 3. The van der Waals surface area contributed by atoms with E-state index < -0.39 is 5.60 Å². The number of rotatable bonds is 2. The number of aromatic nitrogens is 1. The van der Waals surface area contributed by atoms with E-state index in [2.05, 4.69) is 24.9 Å². The summed E-state index contributed by atoms with van der Waals surface area (Å²) in [6.45, 7) is 11.3. The van der Waals surface area contributed by atoms with Crippen LogP contribution in [0.2, 0.25) is 0 Å². The van der Waals surface area contributed by atoms with Crippen molar-refractivity contribution in [2.24, 2.45) is 5.41 Å². The van der Waals surface area contributed by atoms with Crippen molar-refractivity contribution < 1.29 is 5.11 Å². The van der Waals surface area contributed by atoms with Gasteiger partial charge in [0.05, 0.1) is 11.2 Å². The van der Waals surface area contributed by atoms with Crippen molar-refractivity contribution >= 4 is 5.82 Å². The average Bonchev–Trinajstić information content (AvgIpc) is 2.57. The van der Waals surface area contributed by atoms with Crippen LogP contribution in [0.1, 0.15) is 51.8 Å². The molecule has 0 bridgehead atoms. The second kappa shape index (κ2) is 4.75. The molecule has 0 aromatic carbocycles. The Labute approximate surface area is 121 Å². The summed E-state index contributed by atoms with van der Waals surface area (Å²) in [6.07, 6.45) is 0. The molecule has 2 rings (SSSR count). The molecule has 20 heavy (non-hydrogen) atoms. The molecule has 1 aromatic rings. The minimum absolute atomic E-state index is 0.227. The molecule has 1 atom stereocenters. The highest BCUT2D eigenvalue weighted by molar-refractivity contribution is 5.56. The van der Waals surface area contributed by atoms with Gasteiger partial charge in [0.1, 0.15) is 11.9 Å². The number of hydrogen-bond acceptors (Lipinski definition) is 4. The van der Waals surface area contributed by atoms with E-state index in [1.807, 2.05) is 37.8 Å². The molecule has 0 unspecified atom stereocenters. The number of hydrogen-bond donors (Lipinski definition) is 1. The first kappa shape index (κ1) is 14.8. The SMILES string of the molecule is CC(C)c1ccc(C#N)c(N2CC(C)(C)[C@](C)(O)C2)n1. The van der Waals surface area contributed by atoms with Gasteiger partial charge in [-0.15, -0.1) is 0 Å². The van der Waals surface area contributed by atoms with Crippen molar-refractivity contribution in [2.75, 3.05) is 18.0 Å². The molecule has 1 aliphatic heterocycles. The van der Waals surface area contributed by atoms with Crippen LogP contribution in [0.4, 0.5) is 5.82 Å². The molecule has 0 saturated carbocycles. The van der Waals surface area contributed by atoms with E-state index >= 15 is 0 Å². The zero-order valence-corrected chi connectivity index (χ0v) is 12.9. The van der Waals surface area contributed by atoms with E-state index in [4.69, 9.17) is 0 Å². The second-order valence-electron chi connectivity index (χ2n) is 6.89. The van der Waals surface area contributed by atoms with Gasteiger partial charge in [-0.1, -0.05) is 27.7 Å². The zero-order valence-electron chi connectivity index (χ0n) is 12.9. The van der Waals surface area contributed by atoms with Crippen molar-refractivity contribution in [3.63, 3.8) is 0 Å². The lowest BCUT2D eigenvalue weighted by Gasteiger charge is -2.30. The van der Waals surface area contributed by atoms with Crippen LogP contribution in [0.5, 0.6) is 0 Å². The molecule has 0 amide bonds. The molecule has 1 aliphatic rings. The molecule has 0 spiro atoms. The highest BCUT2D eigenvalue weighted by atomic mass is 16.3. The van der Waals surface area contributed by atoms with Crippen molar-refractivity contribution in [3.05, 3.63) is 23.4 Å². The fraction of sp³-hybridized carbons (Fsp3) is 0.625. The third-order valence-corrected chi connectivity index (χ3v) is 4.45. The minimum atomic E-state index is -0.782. The number of nitriles is 1. The summed E-state index contributed by atoms with van der Waals surface area (Å²) in [7, 11) is 0. The summed E-state index contributed by atoms with van der Waals surface area (Å²) in [4.78, 5) is 6.68. The maximum Gasteiger partial charge on any atom is 0.146 e. The minimum Gasteiger partial charge on any atom is -0.388 e. The molecule has 0 aliphatic carbocycles. The van der Waals surface area contributed by atoms with Gasteiger partial charge in [-0.05, 0) is 25.0 Å². The third kappa shape index (κ3) is 2.38. The molecule has 1 fully saturated rings. The Morgan fingerprint density at radius 1 is 1.30 bits per heavy atom. The van der Waals surface area contributed by atoms with Crippen LogP contribution in [0, 0.1) is 16.7 Å². The van der Waals surface area contributed by atoms with Crippen LogP contribution in [0.15, 0.2) is 12.1 Å². The van der Waals surface area contributed by atoms with Gasteiger partial charge < -0.3 is 10.0 Å². The Hall–Kier alpha value is -1.60. The lowest BCUT2D eigenvalue weighted by molar-refractivity contribution is -0.00891.